The monoisotopic (exact) mass is 337 g/mol. The molecule has 0 aliphatic carbocycles. The summed E-state index contributed by atoms with van der Waals surface area (Å²) >= 11 is 7.23. The van der Waals surface area contributed by atoms with Gasteiger partial charge in [0.25, 0.3) is 0 Å². The van der Waals surface area contributed by atoms with Gasteiger partial charge < -0.3 is 5.32 Å². The Morgan fingerprint density at radius 2 is 2.00 bits per heavy atom. The minimum atomic E-state index is 0.260. The Morgan fingerprint density at radius 3 is 2.72 bits per heavy atom. The average molecular weight is 338 g/mol. The van der Waals surface area contributed by atoms with E-state index >= 15 is 0 Å². The van der Waals surface area contributed by atoms with Crippen molar-refractivity contribution in [3.8, 4) is 0 Å². The molecule has 4 heteroatoms. The van der Waals surface area contributed by atoms with Gasteiger partial charge in [-0.2, -0.15) is 0 Å². The van der Waals surface area contributed by atoms with Gasteiger partial charge in [0.15, 0.2) is 0 Å². The normalized spacial score (nSPS) is 13.0. The lowest BCUT2D eigenvalue weighted by molar-refractivity contribution is 0.708. The van der Waals surface area contributed by atoms with Crippen LogP contribution in [0.3, 0.4) is 0 Å². The van der Waals surface area contributed by atoms with Gasteiger partial charge in [0.2, 0.25) is 0 Å². The van der Waals surface area contributed by atoms with Crippen LogP contribution in [0.1, 0.15) is 16.5 Å². The standard InChI is InChI=1S/C14H12BrNS2/c1-16-13(14-11(15)6-7-17-14)10-8-18-12-5-3-2-4-9(10)12/h2-8,13,16H,1H3. The predicted molar refractivity (Wildman–Crippen MR) is 84.7 cm³/mol. The molecule has 2 heterocycles. The maximum absolute atomic E-state index is 3.63. The first-order chi connectivity index (χ1) is 8.81. The first kappa shape index (κ1) is 12.4. The van der Waals surface area contributed by atoms with Crippen LogP contribution in [0.5, 0.6) is 0 Å². The van der Waals surface area contributed by atoms with Gasteiger partial charge in [0, 0.05) is 14.0 Å². The molecule has 92 valence electrons. The molecule has 2 aromatic heterocycles. The van der Waals surface area contributed by atoms with Crippen LogP contribution in [-0.4, -0.2) is 7.05 Å². The summed E-state index contributed by atoms with van der Waals surface area (Å²) in [5.74, 6) is 0. The van der Waals surface area contributed by atoms with Crippen molar-refractivity contribution in [3.63, 3.8) is 0 Å². The first-order valence-corrected chi connectivity index (χ1v) is 8.22. The third-order valence-corrected chi connectivity index (χ3v) is 5.93. The molecule has 0 amide bonds. The molecule has 3 rings (SSSR count). The van der Waals surface area contributed by atoms with Gasteiger partial charge in [-0.25, -0.2) is 0 Å². The fraction of sp³-hybridized carbons (Fsp3) is 0.143. The summed E-state index contributed by atoms with van der Waals surface area (Å²) < 4.78 is 2.53. The van der Waals surface area contributed by atoms with Crippen LogP contribution in [0.4, 0.5) is 0 Å². The summed E-state index contributed by atoms with van der Waals surface area (Å²) in [5.41, 5.74) is 1.36. The highest BCUT2D eigenvalue weighted by Gasteiger charge is 2.19. The summed E-state index contributed by atoms with van der Waals surface area (Å²) in [7, 11) is 2.02. The average Bonchev–Trinajstić information content (AvgIpc) is 2.99. The Balaban J connectivity index is 2.15. The minimum Gasteiger partial charge on any atom is -0.309 e. The molecule has 0 aliphatic heterocycles. The molecule has 1 nitrogen and oxygen atoms in total. The van der Waals surface area contributed by atoms with Gasteiger partial charge >= 0.3 is 0 Å². The second-order valence-corrected chi connectivity index (χ2v) is 6.75. The highest BCUT2D eigenvalue weighted by atomic mass is 79.9. The van der Waals surface area contributed by atoms with Gasteiger partial charge in [-0.1, -0.05) is 18.2 Å². The van der Waals surface area contributed by atoms with Crippen LogP contribution < -0.4 is 5.32 Å². The topological polar surface area (TPSA) is 12.0 Å². The maximum atomic E-state index is 3.63. The molecular formula is C14H12BrNS2. The van der Waals surface area contributed by atoms with Crippen molar-refractivity contribution in [2.75, 3.05) is 7.05 Å². The van der Waals surface area contributed by atoms with Crippen molar-refractivity contribution in [2.24, 2.45) is 0 Å². The van der Waals surface area contributed by atoms with E-state index < -0.39 is 0 Å². The third-order valence-electron chi connectivity index (χ3n) is 3.02. The highest BCUT2D eigenvalue weighted by Crippen LogP contribution is 2.38. The lowest BCUT2D eigenvalue weighted by Crippen LogP contribution is -2.16. The summed E-state index contributed by atoms with van der Waals surface area (Å²) in [5, 5.41) is 9.16. The molecule has 0 bridgehead atoms. The van der Waals surface area contributed by atoms with Gasteiger partial charge in [-0.3, -0.25) is 0 Å². The van der Waals surface area contributed by atoms with Crippen LogP contribution in [0.15, 0.2) is 45.6 Å². The quantitative estimate of drug-likeness (QED) is 0.706. The summed E-state index contributed by atoms with van der Waals surface area (Å²) in [4.78, 5) is 1.33. The molecule has 1 N–H and O–H groups in total. The molecule has 1 aromatic carbocycles. The fourth-order valence-corrected chi connectivity index (χ4v) is 4.88. The number of hydrogen-bond acceptors (Lipinski definition) is 3. The molecule has 1 unspecified atom stereocenters. The third kappa shape index (κ3) is 2.03. The van der Waals surface area contributed by atoms with E-state index in [9.17, 15) is 0 Å². The number of rotatable bonds is 3. The van der Waals surface area contributed by atoms with Crippen LogP contribution in [-0.2, 0) is 0 Å². The Hall–Kier alpha value is -0.680. The van der Waals surface area contributed by atoms with Crippen molar-refractivity contribution in [1.82, 2.24) is 5.32 Å². The van der Waals surface area contributed by atoms with Crippen molar-refractivity contribution in [1.29, 1.82) is 0 Å². The summed E-state index contributed by atoms with van der Waals surface area (Å²) in [6.45, 7) is 0. The molecule has 0 saturated heterocycles. The predicted octanol–water partition coefficient (Wildman–Crippen LogP) is 5.03. The lowest BCUT2D eigenvalue weighted by Gasteiger charge is -2.15. The Morgan fingerprint density at radius 1 is 1.17 bits per heavy atom. The molecule has 1 atom stereocenters. The zero-order chi connectivity index (χ0) is 12.5. The molecule has 3 aromatic rings. The van der Waals surface area contributed by atoms with E-state index in [1.54, 1.807) is 11.3 Å². The molecular weight excluding hydrogens is 326 g/mol. The molecule has 0 aliphatic rings. The Labute approximate surface area is 123 Å². The Bertz CT molecular complexity index is 671. The van der Waals surface area contributed by atoms with Gasteiger partial charge in [0.1, 0.15) is 0 Å². The van der Waals surface area contributed by atoms with Crippen LogP contribution in [0, 0.1) is 0 Å². The number of fused-ring (bicyclic) bond motifs is 1. The summed E-state index contributed by atoms with van der Waals surface area (Å²) in [6, 6.07) is 11.0. The zero-order valence-electron chi connectivity index (χ0n) is 9.81. The fourth-order valence-electron chi connectivity index (χ4n) is 2.16. The van der Waals surface area contributed by atoms with E-state index in [1.807, 2.05) is 18.4 Å². The van der Waals surface area contributed by atoms with Crippen molar-refractivity contribution < 1.29 is 0 Å². The summed E-state index contributed by atoms with van der Waals surface area (Å²) in [6.07, 6.45) is 0. The largest absolute Gasteiger partial charge is 0.309 e. The Kier molecular flexibility index (Phi) is 3.52. The van der Waals surface area contributed by atoms with E-state index in [0.29, 0.717) is 0 Å². The smallest absolute Gasteiger partial charge is 0.0694 e. The van der Waals surface area contributed by atoms with Gasteiger partial charge in [0.05, 0.1) is 6.04 Å². The number of hydrogen-bond donors (Lipinski definition) is 1. The van der Waals surface area contributed by atoms with Gasteiger partial charge in [-0.15, -0.1) is 22.7 Å². The minimum absolute atomic E-state index is 0.260. The van der Waals surface area contributed by atoms with Crippen molar-refractivity contribution in [2.45, 2.75) is 6.04 Å². The number of thiophene rings is 2. The number of halogens is 1. The number of benzene rings is 1. The van der Waals surface area contributed by atoms with Gasteiger partial charge in [-0.05, 0) is 56.8 Å². The van der Waals surface area contributed by atoms with Crippen LogP contribution in [0.25, 0.3) is 10.1 Å². The zero-order valence-corrected chi connectivity index (χ0v) is 13.0. The van der Waals surface area contributed by atoms with Crippen LogP contribution in [0.2, 0.25) is 0 Å². The molecule has 0 fully saturated rings. The van der Waals surface area contributed by atoms with E-state index in [2.05, 4.69) is 62.3 Å². The maximum Gasteiger partial charge on any atom is 0.0694 e. The van der Waals surface area contributed by atoms with E-state index in [1.165, 1.54) is 25.0 Å². The van der Waals surface area contributed by atoms with Crippen LogP contribution >= 0.6 is 38.6 Å². The molecule has 0 saturated carbocycles. The second-order valence-electron chi connectivity index (χ2n) is 4.04. The highest BCUT2D eigenvalue weighted by molar-refractivity contribution is 9.10. The molecule has 0 spiro atoms. The lowest BCUT2D eigenvalue weighted by atomic mass is 10.0. The second kappa shape index (κ2) is 5.13. The molecule has 18 heavy (non-hydrogen) atoms. The number of nitrogens with one attached hydrogen (secondary N) is 1. The SMILES string of the molecule is CNC(c1sccc1Br)c1csc2ccccc12. The van der Waals surface area contributed by atoms with E-state index in [-0.39, 0.29) is 6.04 Å². The van der Waals surface area contributed by atoms with E-state index in [0.717, 1.165) is 0 Å². The van der Waals surface area contributed by atoms with E-state index in [4.69, 9.17) is 0 Å². The molecule has 0 radical (unpaired) electrons. The van der Waals surface area contributed by atoms with Crippen molar-refractivity contribution in [3.05, 3.63) is 56.0 Å². The van der Waals surface area contributed by atoms with Crippen molar-refractivity contribution >= 4 is 48.7 Å². The first-order valence-electron chi connectivity index (χ1n) is 5.67.